The van der Waals surface area contributed by atoms with Crippen molar-refractivity contribution in [2.45, 2.75) is 18.3 Å². The molecule has 2 aliphatic heterocycles. The summed E-state index contributed by atoms with van der Waals surface area (Å²) in [5.41, 5.74) is 0. The molecule has 0 aromatic rings. The highest BCUT2D eigenvalue weighted by atomic mass is 32.2. The van der Waals surface area contributed by atoms with Crippen molar-refractivity contribution in [3.63, 3.8) is 0 Å². The van der Waals surface area contributed by atoms with Gasteiger partial charge in [0.25, 0.3) is 0 Å². The number of hydrogen-bond acceptors (Lipinski definition) is 4. The molecule has 2 aliphatic rings. The first-order valence-electron chi connectivity index (χ1n) is 3.85. The van der Waals surface area contributed by atoms with E-state index in [1.807, 2.05) is 11.8 Å². The van der Waals surface area contributed by atoms with E-state index in [1.165, 1.54) is 0 Å². The van der Waals surface area contributed by atoms with E-state index in [2.05, 4.69) is 0 Å². The fourth-order valence-corrected chi connectivity index (χ4v) is 2.65. The Morgan fingerprint density at radius 1 is 1.64 bits per heavy atom. The van der Waals surface area contributed by atoms with Gasteiger partial charge in [-0.25, -0.2) is 0 Å². The predicted octanol–water partition coefficient (Wildman–Crippen LogP) is 0.227. The molecule has 0 aromatic carbocycles. The van der Waals surface area contributed by atoms with Crippen LogP contribution in [0.5, 0.6) is 0 Å². The first-order chi connectivity index (χ1) is 5.35. The summed E-state index contributed by atoms with van der Waals surface area (Å²) in [5.74, 6) is 1.69. The van der Waals surface area contributed by atoms with Gasteiger partial charge in [0.2, 0.25) is 0 Å². The molecule has 2 fully saturated rings. The summed E-state index contributed by atoms with van der Waals surface area (Å²) >= 11 is 1.85. The third kappa shape index (κ3) is 1.40. The van der Waals surface area contributed by atoms with Gasteiger partial charge in [0.05, 0.1) is 13.2 Å². The van der Waals surface area contributed by atoms with Gasteiger partial charge in [0, 0.05) is 12.2 Å². The molecule has 64 valence electrons. The number of thioether (sulfide) groups is 1. The van der Waals surface area contributed by atoms with Crippen LogP contribution in [-0.4, -0.2) is 41.7 Å². The number of aliphatic hydroxyl groups is 1. The van der Waals surface area contributed by atoms with Gasteiger partial charge in [-0.05, 0) is 5.75 Å². The molecule has 2 unspecified atom stereocenters. The Morgan fingerprint density at radius 3 is 3.09 bits per heavy atom. The van der Waals surface area contributed by atoms with Crippen LogP contribution >= 0.6 is 11.8 Å². The number of ether oxygens (including phenoxy) is 2. The lowest BCUT2D eigenvalue weighted by Crippen LogP contribution is -2.30. The zero-order valence-corrected chi connectivity index (χ0v) is 7.10. The first kappa shape index (κ1) is 7.86. The average molecular weight is 176 g/mol. The molecule has 1 N–H and O–H groups in total. The number of hydrogen-bond donors (Lipinski definition) is 1. The van der Waals surface area contributed by atoms with Crippen molar-refractivity contribution in [3.8, 4) is 0 Å². The van der Waals surface area contributed by atoms with E-state index in [0.29, 0.717) is 6.61 Å². The van der Waals surface area contributed by atoms with Gasteiger partial charge in [0.15, 0.2) is 5.79 Å². The second-order valence-electron chi connectivity index (χ2n) is 2.95. The molecule has 2 atom stereocenters. The zero-order valence-electron chi connectivity index (χ0n) is 6.28. The van der Waals surface area contributed by atoms with Crippen LogP contribution in [0.1, 0.15) is 6.42 Å². The molecule has 0 aliphatic carbocycles. The fraction of sp³-hybridized carbons (Fsp3) is 1.00. The Kier molecular flexibility index (Phi) is 2.10. The zero-order chi connectivity index (χ0) is 7.73. The third-order valence-corrected chi connectivity index (χ3v) is 3.20. The molecule has 0 radical (unpaired) electrons. The van der Waals surface area contributed by atoms with Gasteiger partial charge in [-0.15, -0.1) is 0 Å². The van der Waals surface area contributed by atoms with Crippen LogP contribution in [0.2, 0.25) is 0 Å². The maximum absolute atomic E-state index is 8.80. The number of aliphatic hydroxyl groups excluding tert-OH is 1. The molecule has 0 bridgehead atoms. The maximum atomic E-state index is 8.80. The fourth-order valence-electron chi connectivity index (χ4n) is 1.44. The molecule has 2 saturated heterocycles. The standard InChI is InChI=1S/C7H12O3S/c8-3-6-4-9-7(10-6)1-2-11-5-7/h6,8H,1-5H2. The van der Waals surface area contributed by atoms with Gasteiger partial charge in [-0.1, -0.05) is 0 Å². The second-order valence-corrected chi connectivity index (χ2v) is 4.05. The lowest BCUT2D eigenvalue weighted by atomic mass is 10.2. The minimum absolute atomic E-state index is 0.0758. The molecular weight excluding hydrogens is 164 g/mol. The van der Waals surface area contributed by atoms with Crippen LogP contribution in [0.3, 0.4) is 0 Å². The van der Waals surface area contributed by atoms with Gasteiger partial charge in [-0.2, -0.15) is 11.8 Å². The monoisotopic (exact) mass is 176 g/mol. The van der Waals surface area contributed by atoms with Crippen molar-refractivity contribution >= 4 is 11.8 Å². The Morgan fingerprint density at radius 2 is 2.55 bits per heavy atom. The molecule has 0 saturated carbocycles. The van der Waals surface area contributed by atoms with E-state index in [4.69, 9.17) is 14.6 Å². The molecule has 2 heterocycles. The maximum Gasteiger partial charge on any atom is 0.178 e. The van der Waals surface area contributed by atoms with Crippen LogP contribution in [-0.2, 0) is 9.47 Å². The summed E-state index contributed by atoms with van der Waals surface area (Å²) < 4.78 is 11.1. The summed E-state index contributed by atoms with van der Waals surface area (Å²) in [7, 11) is 0. The summed E-state index contributed by atoms with van der Waals surface area (Å²) in [6, 6.07) is 0. The molecule has 2 rings (SSSR count). The summed E-state index contributed by atoms with van der Waals surface area (Å²) in [6.07, 6.45) is 0.877. The van der Waals surface area contributed by atoms with E-state index < -0.39 is 0 Å². The van der Waals surface area contributed by atoms with Crippen molar-refractivity contribution < 1.29 is 14.6 Å². The Balaban J connectivity index is 1.96. The molecule has 0 aromatic heterocycles. The quantitative estimate of drug-likeness (QED) is 0.620. The molecule has 4 heteroatoms. The largest absolute Gasteiger partial charge is 0.394 e. The SMILES string of the molecule is OCC1COC2(CCSC2)O1. The van der Waals surface area contributed by atoms with Crippen molar-refractivity contribution in [3.05, 3.63) is 0 Å². The van der Waals surface area contributed by atoms with E-state index in [-0.39, 0.29) is 18.5 Å². The lowest BCUT2D eigenvalue weighted by Gasteiger charge is -2.20. The van der Waals surface area contributed by atoms with Crippen LogP contribution in [0.25, 0.3) is 0 Å². The Labute approximate surface area is 70.1 Å². The highest BCUT2D eigenvalue weighted by Crippen LogP contribution is 2.37. The average Bonchev–Trinajstić information content (AvgIpc) is 2.62. The van der Waals surface area contributed by atoms with Gasteiger partial charge >= 0.3 is 0 Å². The smallest absolute Gasteiger partial charge is 0.178 e. The van der Waals surface area contributed by atoms with Crippen LogP contribution in [0, 0.1) is 0 Å². The molecule has 1 spiro atoms. The first-order valence-corrected chi connectivity index (χ1v) is 5.00. The normalized spacial score (nSPS) is 43.9. The van der Waals surface area contributed by atoms with Gasteiger partial charge in [0.1, 0.15) is 6.10 Å². The molecule has 0 amide bonds. The second kappa shape index (κ2) is 2.94. The minimum Gasteiger partial charge on any atom is -0.394 e. The van der Waals surface area contributed by atoms with Crippen molar-refractivity contribution in [1.82, 2.24) is 0 Å². The number of rotatable bonds is 1. The van der Waals surface area contributed by atoms with Crippen molar-refractivity contribution in [1.29, 1.82) is 0 Å². The summed E-state index contributed by atoms with van der Waals surface area (Å²) in [5, 5.41) is 8.80. The van der Waals surface area contributed by atoms with E-state index in [0.717, 1.165) is 17.9 Å². The minimum atomic E-state index is -0.335. The summed E-state index contributed by atoms with van der Waals surface area (Å²) in [4.78, 5) is 0. The van der Waals surface area contributed by atoms with Crippen LogP contribution in [0.15, 0.2) is 0 Å². The third-order valence-electron chi connectivity index (χ3n) is 2.07. The molecule has 11 heavy (non-hydrogen) atoms. The van der Waals surface area contributed by atoms with E-state index in [9.17, 15) is 0 Å². The Bertz CT molecular complexity index is 145. The Hall–Kier alpha value is 0.230. The lowest BCUT2D eigenvalue weighted by molar-refractivity contribution is -0.150. The topological polar surface area (TPSA) is 38.7 Å². The highest BCUT2D eigenvalue weighted by Gasteiger charge is 2.43. The molecular formula is C7H12O3S. The highest BCUT2D eigenvalue weighted by molar-refractivity contribution is 7.99. The van der Waals surface area contributed by atoms with Crippen molar-refractivity contribution in [2.75, 3.05) is 24.7 Å². The molecule has 3 nitrogen and oxygen atoms in total. The van der Waals surface area contributed by atoms with Gasteiger partial charge < -0.3 is 14.6 Å². The van der Waals surface area contributed by atoms with E-state index in [1.54, 1.807) is 0 Å². The summed E-state index contributed by atoms with van der Waals surface area (Å²) in [6.45, 7) is 0.628. The predicted molar refractivity (Wildman–Crippen MR) is 42.6 cm³/mol. The van der Waals surface area contributed by atoms with Gasteiger partial charge in [-0.3, -0.25) is 0 Å². The van der Waals surface area contributed by atoms with Crippen LogP contribution < -0.4 is 0 Å². The van der Waals surface area contributed by atoms with Crippen molar-refractivity contribution in [2.24, 2.45) is 0 Å². The van der Waals surface area contributed by atoms with Crippen LogP contribution in [0.4, 0.5) is 0 Å². The van der Waals surface area contributed by atoms with E-state index >= 15 is 0 Å².